The lowest BCUT2D eigenvalue weighted by atomic mass is 10.0. The SMILES string of the molecule is CC(C)[C@H](NC(=O)CNC(=O)[C@H](CC(N)=O)NC(=O)CNC(=O)[C@H](Cc1ccccc1)NC(=O)CNC(=O)[C@H](Cc1cnc[nH]1)NC(=O)[C@@H](NC(=O)CNC(=O)[C@@H](N)CC(N)=O)C(C)C)C(=O)NCC(=O)N1CCC[C@H]1C(=O)NCC(=O)N[C@H](C(=O)NCC(=O)N1CCC[C@H]1C(=O)NCC(=O)N[C@@H](CO)C(=O)NCC(N)=O)[C@@H](C)O. The van der Waals surface area contributed by atoms with Crippen molar-refractivity contribution in [2.45, 2.75) is 153 Å². The number of aliphatic hydroxyl groups is 2. The Bertz CT molecular complexity index is 3850. The van der Waals surface area contributed by atoms with Crippen LogP contribution in [0.1, 0.15) is 84.4 Å². The van der Waals surface area contributed by atoms with Gasteiger partial charge in [-0.1, -0.05) is 58.0 Å². The van der Waals surface area contributed by atoms with Crippen molar-refractivity contribution in [1.29, 1.82) is 0 Å². The van der Waals surface area contributed by atoms with Crippen LogP contribution >= 0.6 is 0 Å². The first-order valence-corrected chi connectivity index (χ1v) is 36.3. The highest BCUT2D eigenvalue weighted by Gasteiger charge is 2.39. The van der Waals surface area contributed by atoms with Crippen molar-refractivity contribution in [3.05, 3.63) is 54.1 Å². The molecule has 47 nitrogen and oxygen atoms in total. The van der Waals surface area contributed by atoms with Gasteiger partial charge in [-0.05, 0) is 50.0 Å². The Balaban J connectivity index is 1.25. The van der Waals surface area contributed by atoms with Gasteiger partial charge in [-0.3, -0.25) is 101 Å². The van der Waals surface area contributed by atoms with E-state index in [4.69, 9.17) is 22.9 Å². The summed E-state index contributed by atoms with van der Waals surface area (Å²) in [6.07, 6.45) is 0.359. The van der Waals surface area contributed by atoms with Gasteiger partial charge in [0.15, 0.2) is 0 Å². The van der Waals surface area contributed by atoms with E-state index in [1.54, 1.807) is 44.2 Å². The lowest BCUT2D eigenvalue weighted by Crippen LogP contribution is -2.58. The standard InChI is InChI=1S/C68H102N24O23/c1-33(2)56(66(113)81-29-54(104)91-15-10-14-44(91)65(112)80-28-53(103)90-58(35(5)94)67(114)82-30-55(105)92-16-9-13-43(92)64(111)79-25-50(100)86-42(31-93)63(110)74-22-47(72)97)88-52(102)27-78-62(109)41(20-46(71)96)85-49(99)24-76-60(107)39(17-36-11-7-6-8-12-36)84-48(98)23-77-61(108)40(18-37-21-73-32-83-37)87-68(115)57(34(3)4)89-51(101)26-75-59(106)38(69)19-45(70)95/h6-8,11-12,21,32-35,38-44,56-58,93-94H,9-10,13-20,22-31,69H2,1-5H3,(H2,70,95)(H2,71,96)(H2,72,97)(H,73,83)(H,74,110)(H,75,106)(H,76,107)(H,77,108)(H,78,109)(H,79,111)(H,80,112)(H,81,113)(H,82,114)(H,84,98)(H,85,99)(H,86,100)(H,87,115)(H,88,102)(H,89,101)(H,90,103)/t35-,38+,39+,40+,41+,42+,43+,44+,56+,57+,58+/m1/s1. The van der Waals surface area contributed by atoms with Crippen molar-refractivity contribution in [2.75, 3.05) is 78.6 Å². The minimum Gasteiger partial charge on any atom is -0.394 e. The van der Waals surface area contributed by atoms with Crippen molar-refractivity contribution in [2.24, 2.45) is 34.8 Å². The quantitative estimate of drug-likeness (QED) is 0.0293. The van der Waals surface area contributed by atoms with Gasteiger partial charge in [0.1, 0.15) is 54.4 Å². The summed E-state index contributed by atoms with van der Waals surface area (Å²) in [5.74, 6) is -20.4. The van der Waals surface area contributed by atoms with Crippen LogP contribution < -0.4 is 108 Å². The van der Waals surface area contributed by atoms with Crippen molar-refractivity contribution in [1.82, 2.24) is 105 Å². The zero-order valence-corrected chi connectivity index (χ0v) is 63.8. The third-order valence-electron chi connectivity index (χ3n) is 17.4. The van der Waals surface area contributed by atoms with Crippen LogP contribution in [0, 0.1) is 11.8 Å². The zero-order valence-electron chi connectivity index (χ0n) is 63.8. The first-order chi connectivity index (χ1) is 54.3. The molecule has 632 valence electrons. The topological polar surface area (TPSA) is 731 Å². The molecule has 1 aromatic carbocycles. The van der Waals surface area contributed by atoms with Crippen molar-refractivity contribution in [3.63, 3.8) is 0 Å². The van der Waals surface area contributed by atoms with Crippen LogP contribution in [0.25, 0.3) is 0 Å². The average Bonchev–Trinajstić information content (AvgIpc) is 1.74. The number of hydrogen-bond acceptors (Lipinski definition) is 25. The number of aliphatic hydroxyl groups excluding tert-OH is 2. The number of aromatic nitrogens is 2. The number of carbonyl (C=O) groups is 21. The second kappa shape index (κ2) is 47.5. The monoisotopic (exact) mass is 1620 g/mol. The fraction of sp³-hybridized carbons (Fsp3) is 0.559. The van der Waals surface area contributed by atoms with Crippen LogP contribution in [0.5, 0.6) is 0 Å². The number of primary amides is 3. The molecule has 2 aliphatic heterocycles. The van der Waals surface area contributed by atoms with Gasteiger partial charge in [0.2, 0.25) is 124 Å². The molecule has 1 aromatic heterocycles. The molecule has 0 bridgehead atoms. The molecule has 0 unspecified atom stereocenters. The molecule has 0 spiro atoms. The second-order valence-electron chi connectivity index (χ2n) is 27.3. The highest BCUT2D eigenvalue weighted by atomic mass is 16.3. The van der Waals surface area contributed by atoms with Gasteiger partial charge in [0.25, 0.3) is 0 Å². The van der Waals surface area contributed by atoms with Crippen LogP contribution in [0.15, 0.2) is 42.9 Å². The van der Waals surface area contributed by atoms with Crippen LogP contribution in [-0.4, -0.2) is 299 Å². The highest BCUT2D eigenvalue weighted by Crippen LogP contribution is 2.19. The Labute approximate surface area is 657 Å². The van der Waals surface area contributed by atoms with E-state index in [1.165, 1.54) is 26.4 Å². The molecule has 115 heavy (non-hydrogen) atoms. The molecule has 47 heteroatoms. The minimum atomic E-state index is -1.75. The maximum Gasteiger partial charge on any atom is 0.245 e. The van der Waals surface area contributed by atoms with E-state index >= 15 is 0 Å². The molecule has 0 radical (unpaired) electrons. The van der Waals surface area contributed by atoms with E-state index in [0.717, 1.165) is 16.7 Å². The number of imidazole rings is 1. The molecule has 2 aliphatic rings. The molecule has 2 saturated heterocycles. The van der Waals surface area contributed by atoms with Gasteiger partial charge >= 0.3 is 0 Å². The van der Waals surface area contributed by atoms with Crippen molar-refractivity contribution < 1.29 is 111 Å². The number of H-pyrrole nitrogens is 1. The molecule has 2 fully saturated rings. The van der Waals surface area contributed by atoms with Gasteiger partial charge < -0.3 is 133 Å². The molecular weight excluding hydrogens is 1520 g/mol. The molecule has 21 amide bonds. The number of rotatable bonds is 47. The van der Waals surface area contributed by atoms with Crippen LogP contribution in [0.4, 0.5) is 0 Å². The summed E-state index contributed by atoms with van der Waals surface area (Å²) in [5, 5.41) is 57.2. The minimum absolute atomic E-state index is 0.0394. The Morgan fingerprint density at radius 1 is 0.435 bits per heavy atom. The zero-order chi connectivity index (χ0) is 85.8. The van der Waals surface area contributed by atoms with Gasteiger partial charge in [-0.25, -0.2) is 4.98 Å². The van der Waals surface area contributed by atoms with Gasteiger partial charge in [-0.15, -0.1) is 0 Å². The molecule has 0 saturated carbocycles. The lowest BCUT2D eigenvalue weighted by Gasteiger charge is -2.26. The highest BCUT2D eigenvalue weighted by molar-refractivity contribution is 6.00. The second-order valence-corrected chi connectivity index (χ2v) is 27.3. The fourth-order valence-corrected chi connectivity index (χ4v) is 11.4. The van der Waals surface area contributed by atoms with E-state index in [9.17, 15) is 111 Å². The maximum absolute atomic E-state index is 13.8. The van der Waals surface area contributed by atoms with Gasteiger partial charge in [0, 0.05) is 37.8 Å². The Morgan fingerprint density at radius 2 is 0.817 bits per heavy atom. The normalized spacial score (nSPS) is 15.9. The van der Waals surface area contributed by atoms with E-state index in [1.807, 2.05) is 0 Å². The van der Waals surface area contributed by atoms with Crippen molar-refractivity contribution in [3.8, 4) is 0 Å². The van der Waals surface area contributed by atoms with E-state index in [0.29, 0.717) is 24.1 Å². The number of benzene rings is 1. The Kier molecular flexibility index (Phi) is 39.1. The predicted molar refractivity (Wildman–Crippen MR) is 396 cm³/mol. The number of aromatic amines is 1. The van der Waals surface area contributed by atoms with Crippen LogP contribution in [0.2, 0.25) is 0 Å². The number of nitrogens with zero attached hydrogens (tertiary/aromatic N) is 3. The molecule has 4 rings (SSSR count). The third-order valence-corrected chi connectivity index (χ3v) is 17.4. The summed E-state index contributed by atoms with van der Waals surface area (Å²) in [7, 11) is 0. The largest absolute Gasteiger partial charge is 0.394 e. The number of carbonyl (C=O) groups excluding carboxylic acids is 21. The number of nitrogens with two attached hydrogens (primary N) is 4. The molecule has 0 aliphatic carbocycles. The molecular formula is C68H102N24O23. The smallest absolute Gasteiger partial charge is 0.245 e. The van der Waals surface area contributed by atoms with E-state index in [-0.39, 0.29) is 38.8 Å². The summed E-state index contributed by atoms with van der Waals surface area (Å²) in [6, 6.07) is -5.74. The summed E-state index contributed by atoms with van der Waals surface area (Å²) in [6.45, 7) is 0.0803. The van der Waals surface area contributed by atoms with Gasteiger partial charge in [0.05, 0.1) is 96.8 Å². The Morgan fingerprint density at radius 3 is 1.25 bits per heavy atom. The fourth-order valence-electron chi connectivity index (χ4n) is 11.4. The van der Waals surface area contributed by atoms with Crippen LogP contribution in [0.3, 0.4) is 0 Å². The molecule has 2 aromatic rings. The summed E-state index contributed by atoms with van der Waals surface area (Å²) >= 11 is 0. The van der Waals surface area contributed by atoms with Crippen molar-refractivity contribution >= 4 is 124 Å². The summed E-state index contributed by atoms with van der Waals surface area (Å²) in [5.41, 5.74) is 22.0. The lowest BCUT2D eigenvalue weighted by molar-refractivity contribution is -0.140. The summed E-state index contributed by atoms with van der Waals surface area (Å²) in [4.78, 5) is 281. The van der Waals surface area contributed by atoms with E-state index < -0.39 is 281 Å². The average molecular weight is 1620 g/mol. The number of nitrogens with one attached hydrogen (secondary N) is 17. The van der Waals surface area contributed by atoms with E-state index in [2.05, 4.69) is 95.0 Å². The predicted octanol–water partition coefficient (Wildman–Crippen LogP) is -14.1. The number of amides is 21. The molecule has 27 N–H and O–H groups in total. The van der Waals surface area contributed by atoms with Crippen LogP contribution in [-0.2, 0) is 114 Å². The molecule has 3 heterocycles. The Hall–Kier alpha value is -12.8. The first-order valence-electron chi connectivity index (χ1n) is 36.3. The number of likely N-dealkylation sites (tertiary alicyclic amines) is 2. The summed E-state index contributed by atoms with van der Waals surface area (Å²) < 4.78 is 0. The first kappa shape index (κ1) is 94.6. The van der Waals surface area contributed by atoms with Gasteiger partial charge in [-0.2, -0.15) is 0 Å². The molecule has 11 atom stereocenters. The maximum atomic E-state index is 13.8. The number of hydrogen-bond donors (Lipinski definition) is 23. The third kappa shape index (κ3) is 33.2.